The number of hydrogen-bond donors (Lipinski definition) is 2. The van der Waals surface area contributed by atoms with Gasteiger partial charge in [-0.25, -0.2) is 14.0 Å². The Bertz CT molecular complexity index is 568. The second kappa shape index (κ2) is 10.1. The van der Waals surface area contributed by atoms with Gasteiger partial charge in [-0.1, -0.05) is 6.07 Å². The van der Waals surface area contributed by atoms with Crippen molar-refractivity contribution in [3.8, 4) is 0 Å². The van der Waals surface area contributed by atoms with Gasteiger partial charge in [0.1, 0.15) is 5.82 Å². The van der Waals surface area contributed by atoms with E-state index in [0.29, 0.717) is 24.3 Å². The Morgan fingerprint density at radius 3 is 2.04 bits per heavy atom. The SMILES string of the molecule is CCN(C(=O)c1cccc(F)c1)C(C)C.O=C(O)/C=C/C(=O)O. The highest BCUT2D eigenvalue weighted by Gasteiger charge is 2.16. The largest absolute Gasteiger partial charge is 0.478 e. The topological polar surface area (TPSA) is 94.9 Å². The first-order valence-corrected chi connectivity index (χ1v) is 6.89. The van der Waals surface area contributed by atoms with Crippen molar-refractivity contribution >= 4 is 17.8 Å². The van der Waals surface area contributed by atoms with Crippen molar-refractivity contribution in [1.82, 2.24) is 4.90 Å². The Kier molecular flexibility index (Phi) is 8.91. The fourth-order valence-electron chi connectivity index (χ4n) is 1.67. The first-order valence-electron chi connectivity index (χ1n) is 6.89. The molecule has 0 unspecified atom stereocenters. The van der Waals surface area contributed by atoms with Crippen LogP contribution in [0.3, 0.4) is 0 Å². The van der Waals surface area contributed by atoms with Crippen molar-refractivity contribution < 1.29 is 29.0 Å². The summed E-state index contributed by atoms with van der Waals surface area (Å²) in [6.07, 6.45) is 1.12. The van der Waals surface area contributed by atoms with Crippen LogP contribution >= 0.6 is 0 Å². The van der Waals surface area contributed by atoms with Crippen molar-refractivity contribution in [2.24, 2.45) is 0 Å². The minimum absolute atomic E-state index is 0.119. The number of carboxylic acids is 2. The molecule has 1 rings (SSSR count). The number of carbonyl (C=O) groups excluding carboxylic acids is 1. The number of rotatable bonds is 5. The number of halogens is 1. The molecule has 0 aliphatic rings. The maximum atomic E-state index is 12.9. The molecule has 1 aromatic rings. The summed E-state index contributed by atoms with van der Waals surface area (Å²) in [7, 11) is 0. The van der Waals surface area contributed by atoms with Crippen molar-refractivity contribution in [2.45, 2.75) is 26.8 Å². The third-order valence-electron chi connectivity index (χ3n) is 2.66. The van der Waals surface area contributed by atoms with Crippen LogP contribution in [-0.2, 0) is 9.59 Å². The summed E-state index contributed by atoms with van der Waals surface area (Å²) in [5.41, 5.74) is 0.408. The third kappa shape index (κ3) is 8.35. The van der Waals surface area contributed by atoms with Crippen LogP contribution in [0.1, 0.15) is 31.1 Å². The average molecular weight is 325 g/mol. The summed E-state index contributed by atoms with van der Waals surface area (Å²) in [4.78, 5) is 32.7. The van der Waals surface area contributed by atoms with Gasteiger partial charge in [0.25, 0.3) is 5.91 Å². The Labute approximate surface area is 133 Å². The molecule has 1 amide bonds. The van der Waals surface area contributed by atoms with Gasteiger partial charge in [0.2, 0.25) is 0 Å². The molecule has 0 atom stereocenters. The molecule has 0 saturated heterocycles. The molecule has 0 heterocycles. The molecule has 1 aromatic carbocycles. The maximum absolute atomic E-state index is 12.9. The zero-order chi connectivity index (χ0) is 18.0. The Balaban J connectivity index is 0.000000515. The third-order valence-corrected chi connectivity index (χ3v) is 2.66. The molecule has 126 valence electrons. The fraction of sp³-hybridized carbons (Fsp3) is 0.312. The maximum Gasteiger partial charge on any atom is 0.328 e. The van der Waals surface area contributed by atoms with Crippen LogP contribution in [-0.4, -0.2) is 45.5 Å². The normalized spacial score (nSPS) is 10.1. The first-order chi connectivity index (χ1) is 10.7. The summed E-state index contributed by atoms with van der Waals surface area (Å²) in [6, 6.07) is 5.92. The summed E-state index contributed by atoms with van der Waals surface area (Å²) in [5, 5.41) is 15.6. The molecule has 0 aliphatic heterocycles. The standard InChI is InChI=1S/C12H16FNO.C4H4O4/c1-4-14(9(2)3)12(15)10-6-5-7-11(13)8-10;5-3(6)1-2-4(7)8/h5-9H,4H2,1-3H3;1-2H,(H,5,6)(H,7,8)/b;2-1+. The molecular weight excluding hydrogens is 305 g/mol. The van der Waals surface area contributed by atoms with Gasteiger partial charge in [0, 0.05) is 30.3 Å². The van der Waals surface area contributed by atoms with Gasteiger partial charge >= 0.3 is 11.9 Å². The van der Waals surface area contributed by atoms with Crippen LogP contribution in [0.5, 0.6) is 0 Å². The lowest BCUT2D eigenvalue weighted by Gasteiger charge is -2.25. The van der Waals surface area contributed by atoms with Crippen LogP contribution in [0.4, 0.5) is 4.39 Å². The zero-order valence-electron chi connectivity index (χ0n) is 13.2. The molecule has 7 heteroatoms. The van der Waals surface area contributed by atoms with Crippen molar-refractivity contribution in [1.29, 1.82) is 0 Å². The first kappa shape index (κ1) is 20.3. The molecule has 0 aliphatic carbocycles. The molecule has 6 nitrogen and oxygen atoms in total. The monoisotopic (exact) mass is 325 g/mol. The van der Waals surface area contributed by atoms with E-state index in [-0.39, 0.29) is 17.8 Å². The van der Waals surface area contributed by atoms with Crippen LogP contribution < -0.4 is 0 Å². The molecule has 0 radical (unpaired) electrons. The summed E-state index contributed by atoms with van der Waals surface area (Å²) in [6.45, 7) is 6.44. The molecule has 23 heavy (non-hydrogen) atoms. The van der Waals surface area contributed by atoms with Gasteiger partial charge in [0.05, 0.1) is 0 Å². The molecular formula is C16H20FNO5. The van der Waals surface area contributed by atoms with E-state index in [0.717, 1.165) is 0 Å². The lowest BCUT2D eigenvalue weighted by atomic mass is 10.1. The van der Waals surface area contributed by atoms with Crippen molar-refractivity contribution in [3.05, 3.63) is 47.8 Å². The summed E-state index contributed by atoms with van der Waals surface area (Å²) in [5.74, 6) is -3.01. The van der Waals surface area contributed by atoms with Crippen molar-refractivity contribution in [2.75, 3.05) is 6.54 Å². The highest BCUT2D eigenvalue weighted by molar-refractivity contribution is 5.94. The van der Waals surface area contributed by atoms with E-state index in [9.17, 15) is 18.8 Å². The summed E-state index contributed by atoms with van der Waals surface area (Å²) >= 11 is 0. The fourth-order valence-corrected chi connectivity index (χ4v) is 1.67. The molecule has 0 aromatic heterocycles. The molecule has 0 saturated carbocycles. The van der Waals surface area contributed by atoms with E-state index >= 15 is 0 Å². The number of amides is 1. The van der Waals surface area contributed by atoms with Gasteiger partial charge < -0.3 is 15.1 Å². The van der Waals surface area contributed by atoms with Gasteiger partial charge in [-0.05, 0) is 39.0 Å². The number of carbonyl (C=O) groups is 3. The minimum atomic E-state index is -1.26. The van der Waals surface area contributed by atoms with E-state index in [1.165, 1.54) is 12.1 Å². The van der Waals surface area contributed by atoms with Crippen LogP contribution in [0.25, 0.3) is 0 Å². The van der Waals surface area contributed by atoms with Gasteiger partial charge in [-0.2, -0.15) is 0 Å². The number of nitrogens with zero attached hydrogens (tertiary/aromatic N) is 1. The molecule has 0 spiro atoms. The van der Waals surface area contributed by atoms with Gasteiger partial charge in [0.15, 0.2) is 0 Å². The van der Waals surface area contributed by atoms with Gasteiger partial charge in [-0.15, -0.1) is 0 Å². The highest BCUT2D eigenvalue weighted by Crippen LogP contribution is 2.09. The van der Waals surface area contributed by atoms with E-state index < -0.39 is 11.9 Å². The molecule has 0 bridgehead atoms. The average Bonchev–Trinajstić information content (AvgIpc) is 2.46. The predicted octanol–water partition coefficient (Wildman–Crippen LogP) is 2.41. The number of benzene rings is 1. The van der Waals surface area contributed by atoms with E-state index in [2.05, 4.69) is 0 Å². The number of carboxylic acid groups (broad SMARTS) is 2. The van der Waals surface area contributed by atoms with Crippen LogP contribution in [0, 0.1) is 5.82 Å². The number of aliphatic carboxylic acids is 2. The zero-order valence-corrected chi connectivity index (χ0v) is 13.2. The second-order valence-electron chi connectivity index (χ2n) is 4.71. The second-order valence-corrected chi connectivity index (χ2v) is 4.71. The van der Waals surface area contributed by atoms with Crippen LogP contribution in [0.2, 0.25) is 0 Å². The highest BCUT2D eigenvalue weighted by atomic mass is 19.1. The van der Waals surface area contributed by atoms with Gasteiger partial charge in [-0.3, -0.25) is 4.79 Å². The van der Waals surface area contributed by atoms with E-state index in [1.54, 1.807) is 17.0 Å². The Morgan fingerprint density at radius 1 is 1.17 bits per heavy atom. The summed E-state index contributed by atoms with van der Waals surface area (Å²) < 4.78 is 12.9. The smallest absolute Gasteiger partial charge is 0.328 e. The van der Waals surface area contributed by atoms with E-state index in [1.807, 2.05) is 20.8 Å². The quantitative estimate of drug-likeness (QED) is 0.811. The lowest BCUT2D eigenvalue weighted by molar-refractivity contribution is -0.134. The minimum Gasteiger partial charge on any atom is -0.478 e. The Hall–Kier alpha value is -2.70. The molecule has 2 N–H and O–H groups in total. The number of hydrogen-bond acceptors (Lipinski definition) is 3. The lowest BCUT2D eigenvalue weighted by Crippen LogP contribution is -2.36. The van der Waals surface area contributed by atoms with Crippen molar-refractivity contribution in [3.63, 3.8) is 0 Å². The molecule has 0 fully saturated rings. The van der Waals surface area contributed by atoms with Crippen LogP contribution in [0.15, 0.2) is 36.4 Å². The Morgan fingerprint density at radius 2 is 1.70 bits per heavy atom. The predicted molar refractivity (Wildman–Crippen MR) is 82.7 cm³/mol. The van der Waals surface area contributed by atoms with E-state index in [4.69, 9.17) is 10.2 Å².